The van der Waals surface area contributed by atoms with Gasteiger partial charge in [0.05, 0.1) is 14.2 Å². The van der Waals surface area contributed by atoms with Crippen LogP contribution in [0.3, 0.4) is 0 Å². The van der Waals surface area contributed by atoms with Crippen LogP contribution in [0.2, 0.25) is 0 Å². The van der Waals surface area contributed by atoms with Gasteiger partial charge in [0.2, 0.25) is 0 Å². The van der Waals surface area contributed by atoms with Crippen LogP contribution in [-0.4, -0.2) is 20.4 Å². The van der Waals surface area contributed by atoms with E-state index in [2.05, 4.69) is 4.74 Å². The molecule has 0 bridgehead atoms. The first kappa shape index (κ1) is 14.7. The van der Waals surface area contributed by atoms with E-state index in [0.29, 0.717) is 12.4 Å². The lowest BCUT2D eigenvalue weighted by atomic mass is 10.2. The summed E-state index contributed by atoms with van der Waals surface area (Å²) in [6, 6.07) is 14.4. The molecule has 5 heteroatoms. The zero-order valence-electron chi connectivity index (χ0n) is 11.9. The molecule has 0 fully saturated rings. The lowest BCUT2D eigenvalue weighted by molar-refractivity contribution is 0.121. The summed E-state index contributed by atoms with van der Waals surface area (Å²) in [5, 5.41) is 0. The minimum Gasteiger partial charge on any atom is -0.497 e. The Balaban J connectivity index is 1.89. The van der Waals surface area contributed by atoms with E-state index in [1.807, 2.05) is 36.4 Å². The first-order valence-corrected chi connectivity index (χ1v) is 6.33. The van der Waals surface area contributed by atoms with Gasteiger partial charge >= 0.3 is 6.16 Å². The van der Waals surface area contributed by atoms with Gasteiger partial charge in [-0.05, 0) is 42.0 Å². The zero-order valence-corrected chi connectivity index (χ0v) is 11.9. The molecular weight excluding hydrogens is 272 g/mol. The molecule has 0 saturated heterocycles. The van der Waals surface area contributed by atoms with Gasteiger partial charge in [0.15, 0.2) is 0 Å². The van der Waals surface area contributed by atoms with Crippen molar-refractivity contribution >= 4 is 6.16 Å². The first-order valence-electron chi connectivity index (χ1n) is 6.33. The lowest BCUT2D eigenvalue weighted by Gasteiger charge is -2.08. The number of carbonyl (C=O) groups is 1. The largest absolute Gasteiger partial charge is 0.513 e. The third-order valence-electron chi connectivity index (χ3n) is 2.76. The van der Waals surface area contributed by atoms with Crippen LogP contribution in [0.25, 0.3) is 0 Å². The summed E-state index contributed by atoms with van der Waals surface area (Å²) >= 11 is 0. The van der Waals surface area contributed by atoms with Gasteiger partial charge in [-0.2, -0.15) is 0 Å². The van der Waals surface area contributed by atoms with Crippen LogP contribution >= 0.6 is 0 Å². The van der Waals surface area contributed by atoms with E-state index in [9.17, 15) is 4.79 Å². The minimum absolute atomic E-state index is 0.421. The second-order valence-electron chi connectivity index (χ2n) is 4.16. The number of methoxy groups -OCH3 is 2. The second-order valence-corrected chi connectivity index (χ2v) is 4.16. The van der Waals surface area contributed by atoms with Crippen molar-refractivity contribution in [2.24, 2.45) is 0 Å². The van der Waals surface area contributed by atoms with Crippen molar-refractivity contribution in [2.75, 3.05) is 14.2 Å². The highest BCUT2D eigenvalue weighted by Gasteiger charge is 2.03. The summed E-state index contributed by atoms with van der Waals surface area (Å²) in [6.07, 6.45) is -0.739. The van der Waals surface area contributed by atoms with Gasteiger partial charge in [0.25, 0.3) is 0 Å². The van der Waals surface area contributed by atoms with Crippen molar-refractivity contribution < 1.29 is 23.7 Å². The average Bonchev–Trinajstić information content (AvgIpc) is 2.54. The second kappa shape index (κ2) is 7.19. The smallest absolute Gasteiger partial charge is 0.497 e. The van der Waals surface area contributed by atoms with Crippen molar-refractivity contribution in [3.05, 3.63) is 54.1 Å². The Morgan fingerprint density at radius 2 is 1.43 bits per heavy atom. The van der Waals surface area contributed by atoms with Crippen LogP contribution in [0, 0.1) is 0 Å². The Bertz CT molecular complexity index is 575. The molecule has 0 aliphatic rings. The topological polar surface area (TPSA) is 54.0 Å². The van der Waals surface area contributed by atoms with Crippen LogP contribution in [0.5, 0.6) is 17.2 Å². The summed E-state index contributed by atoms with van der Waals surface area (Å²) in [4.78, 5) is 10.9. The molecule has 0 unspecified atom stereocenters. The first-order chi connectivity index (χ1) is 10.2. The number of benzene rings is 2. The SMILES string of the molecule is COC(=O)Oc1ccc(COc2ccc(OC)cc2)cc1. The normalized spacial score (nSPS) is 9.81. The summed E-state index contributed by atoms with van der Waals surface area (Å²) in [5.41, 5.74) is 0.961. The van der Waals surface area contributed by atoms with E-state index in [-0.39, 0.29) is 0 Å². The molecule has 0 N–H and O–H groups in total. The van der Waals surface area contributed by atoms with Crippen molar-refractivity contribution in [2.45, 2.75) is 6.61 Å². The molecule has 2 rings (SSSR count). The number of hydrogen-bond donors (Lipinski definition) is 0. The summed E-state index contributed by atoms with van der Waals surface area (Å²) in [6.45, 7) is 0.421. The quantitative estimate of drug-likeness (QED) is 0.623. The van der Waals surface area contributed by atoms with Gasteiger partial charge in [0.1, 0.15) is 23.9 Å². The van der Waals surface area contributed by atoms with Gasteiger partial charge in [-0.15, -0.1) is 0 Å². The van der Waals surface area contributed by atoms with Crippen molar-refractivity contribution in [1.82, 2.24) is 0 Å². The highest BCUT2D eigenvalue weighted by molar-refractivity contribution is 5.63. The molecule has 0 aliphatic carbocycles. The molecule has 0 aliphatic heterocycles. The number of ether oxygens (including phenoxy) is 4. The fraction of sp³-hybridized carbons (Fsp3) is 0.188. The number of carbonyl (C=O) groups excluding carboxylic acids is 1. The Morgan fingerprint density at radius 1 is 0.857 bits per heavy atom. The van der Waals surface area contributed by atoms with Gasteiger partial charge in [-0.1, -0.05) is 12.1 Å². The molecule has 5 nitrogen and oxygen atoms in total. The number of hydrogen-bond acceptors (Lipinski definition) is 5. The molecule has 0 amide bonds. The maximum absolute atomic E-state index is 10.9. The predicted octanol–water partition coefficient (Wildman–Crippen LogP) is 3.42. The predicted molar refractivity (Wildman–Crippen MR) is 76.8 cm³/mol. The maximum atomic E-state index is 10.9. The number of rotatable bonds is 5. The Labute approximate surface area is 123 Å². The zero-order chi connectivity index (χ0) is 15.1. The van der Waals surface area contributed by atoms with E-state index in [1.165, 1.54) is 7.11 Å². The van der Waals surface area contributed by atoms with Gasteiger partial charge in [-0.25, -0.2) is 4.79 Å². The van der Waals surface area contributed by atoms with Crippen LogP contribution < -0.4 is 14.2 Å². The van der Waals surface area contributed by atoms with Crippen LogP contribution in [-0.2, 0) is 11.3 Å². The monoisotopic (exact) mass is 288 g/mol. The third kappa shape index (κ3) is 4.42. The molecule has 2 aromatic rings. The van der Waals surface area contributed by atoms with Crippen LogP contribution in [0.4, 0.5) is 4.79 Å². The van der Waals surface area contributed by atoms with Gasteiger partial charge < -0.3 is 18.9 Å². The molecule has 0 atom stereocenters. The van der Waals surface area contributed by atoms with Crippen LogP contribution in [0.1, 0.15) is 5.56 Å². The van der Waals surface area contributed by atoms with Gasteiger partial charge in [0, 0.05) is 0 Å². The van der Waals surface area contributed by atoms with E-state index < -0.39 is 6.16 Å². The molecule has 0 heterocycles. The fourth-order valence-corrected chi connectivity index (χ4v) is 1.63. The van der Waals surface area contributed by atoms with Crippen molar-refractivity contribution in [3.63, 3.8) is 0 Å². The average molecular weight is 288 g/mol. The molecule has 0 aromatic heterocycles. The highest BCUT2D eigenvalue weighted by atomic mass is 16.7. The van der Waals surface area contributed by atoms with Crippen LogP contribution in [0.15, 0.2) is 48.5 Å². The third-order valence-corrected chi connectivity index (χ3v) is 2.76. The van der Waals surface area contributed by atoms with Crippen molar-refractivity contribution in [3.8, 4) is 17.2 Å². The minimum atomic E-state index is -0.739. The standard InChI is InChI=1S/C16H16O5/c1-18-13-7-9-14(10-8-13)20-11-12-3-5-15(6-4-12)21-16(17)19-2/h3-10H,11H2,1-2H3. The summed E-state index contributed by atoms with van der Waals surface area (Å²) < 4.78 is 20.0. The maximum Gasteiger partial charge on any atom is 0.513 e. The van der Waals surface area contributed by atoms with E-state index in [4.69, 9.17) is 14.2 Å². The van der Waals surface area contributed by atoms with E-state index in [0.717, 1.165) is 17.1 Å². The molecule has 110 valence electrons. The lowest BCUT2D eigenvalue weighted by Crippen LogP contribution is -2.07. The van der Waals surface area contributed by atoms with E-state index in [1.54, 1.807) is 19.2 Å². The fourth-order valence-electron chi connectivity index (χ4n) is 1.63. The molecule has 2 aromatic carbocycles. The molecule has 0 spiro atoms. The van der Waals surface area contributed by atoms with Gasteiger partial charge in [-0.3, -0.25) is 0 Å². The molecule has 0 saturated carbocycles. The molecular formula is C16H16O5. The van der Waals surface area contributed by atoms with E-state index >= 15 is 0 Å². The summed E-state index contributed by atoms with van der Waals surface area (Å²) in [7, 11) is 2.88. The molecule has 0 radical (unpaired) electrons. The Kier molecular flexibility index (Phi) is 5.04. The summed E-state index contributed by atoms with van der Waals surface area (Å²) in [5.74, 6) is 1.97. The van der Waals surface area contributed by atoms with Crippen molar-refractivity contribution in [1.29, 1.82) is 0 Å². The Morgan fingerprint density at radius 3 is 2.00 bits per heavy atom. The molecule has 21 heavy (non-hydrogen) atoms. The Hall–Kier alpha value is -2.69. The highest BCUT2D eigenvalue weighted by Crippen LogP contribution is 2.19.